The molecule has 0 N–H and O–H groups in total. The second-order valence-electron chi connectivity index (χ2n) is 18.6. The molecule has 0 heteroatoms. The Balaban J connectivity index is 0.915. The van der Waals surface area contributed by atoms with Gasteiger partial charge in [0, 0.05) is 17.8 Å². The molecule has 3 unspecified atom stereocenters. The van der Waals surface area contributed by atoms with Gasteiger partial charge in [0.05, 0.1) is 0 Å². The van der Waals surface area contributed by atoms with E-state index >= 15 is 0 Å². The second kappa shape index (κ2) is 15.1. The number of hydrogen-bond acceptors (Lipinski definition) is 0. The van der Waals surface area contributed by atoms with Gasteiger partial charge in [0.2, 0.25) is 0 Å². The first kappa shape index (κ1) is 38.0. The number of hydrogen-bond donors (Lipinski definition) is 0. The third-order valence-corrected chi connectivity index (χ3v) is 15.2. The van der Waals surface area contributed by atoms with Crippen LogP contribution in [0.2, 0.25) is 0 Å². The van der Waals surface area contributed by atoms with Crippen molar-refractivity contribution in [2.75, 3.05) is 0 Å². The average molecular weight is 849 g/mol. The molecule has 11 aromatic rings. The van der Waals surface area contributed by atoms with Gasteiger partial charge in [-0.25, -0.2) is 0 Å². The highest BCUT2D eigenvalue weighted by Gasteiger charge is 2.37. The summed E-state index contributed by atoms with van der Waals surface area (Å²) in [7, 11) is 0. The summed E-state index contributed by atoms with van der Waals surface area (Å²) in [5.74, 6) is 0.434. The van der Waals surface area contributed by atoms with Crippen LogP contribution in [0.3, 0.4) is 0 Å². The largest absolute Gasteiger partial charge is 0.0622 e. The predicted octanol–water partition coefficient (Wildman–Crippen LogP) is 17.3. The molecule has 3 aliphatic rings. The molecule has 0 radical (unpaired) electrons. The van der Waals surface area contributed by atoms with Crippen LogP contribution in [-0.2, 0) is 0 Å². The molecule has 0 amide bonds. The zero-order chi connectivity index (χ0) is 44.0. The Kier molecular flexibility index (Phi) is 8.58. The topological polar surface area (TPSA) is 0 Å². The molecule has 0 saturated heterocycles. The molecule has 0 spiro atoms. The van der Waals surface area contributed by atoms with Crippen LogP contribution in [0.25, 0.3) is 77.5 Å². The van der Waals surface area contributed by atoms with Crippen molar-refractivity contribution in [1.82, 2.24) is 0 Å². The maximum atomic E-state index is 2.58. The molecule has 0 saturated carbocycles. The average Bonchev–Trinajstić information content (AvgIpc) is 4.03. The lowest BCUT2D eigenvalue weighted by atomic mass is 9.84. The van der Waals surface area contributed by atoms with E-state index < -0.39 is 0 Å². The van der Waals surface area contributed by atoms with Crippen LogP contribution >= 0.6 is 0 Å². The smallest absolute Gasteiger partial charge is 0.0358 e. The standard InChI is InChI=1S/C67H44/c1-3-14-42(15-4-1)44-26-30-47(31-27-44)65-55-23-11-9-21-52(55)61-40-62-60-39-50(34-36-57(60)66(64(62)41-63(61)65)48-32-28-45(29-33-48)43-16-5-2-6-17-43)49-35-37-58-59(38-49)53-22-10-12-24-56(53)67(58)54-25-13-19-46-18-7-8-20-51(46)54/h1-41,65-67H. The van der Waals surface area contributed by atoms with E-state index in [1.165, 1.54) is 128 Å². The molecule has 0 nitrogen and oxygen atoms in total. The molecule has 3 aliphatic carbocycles. The van der Waals surface area contributed by atoms with Crippen molar-refractivity contribution in [3.05, 3.63) is 299 Å². The zero-order valence-corrected chi connectivity index (χ0v) is 36.9. The van der Waals surface area contributed by atoms with E-state index in [2.05, 4.69) is 249 Å². The Labute approximate surface area is 392 Å². The lowest BCUT2D eigenvalue weighted by molar-refractivity contribution is 0.982. The van der Waals surface area contributed by atoms with Crippen LogP contribution in [0.4, 0.5) is 0 Å². The molecule has 67 heavy (non-hydrogen) atoms. The lowest BCUT2D eigenvalue weighted by Gasteiger charge is -2.19. The van der Waals surface area contributed by atoms with E-state index in [1.807, 2.05) is 0 Å². The molecule has 11 aromatic carbocycles. The number of fused-ring (bicyclic) bond motifs is 10. The maximum Gasteiger partial charge on any atom is 0.0358 e. The minimum Gasteiger partial charge on any atom is -0.0622 e. The van der Waals surface area contributed by atoms with Crippen LogP contribution in [0.15, 0.2) is 249 Å². The second-order valence-corrected chi connectivity index (χ2v) is 18.6. The van der Waals surface area contributed by atoms with E-state index in [0.717, 1.165) is 0 Å². The van der Waals surface area contributed by atoms with Gasteiger partial charge in [-0.15, -0.1) is 0 Å². The molecular formula is C67H44. The first-order valence-electron chi connectivity index (χ1n) is 23.7. The van der Waals surface area contributed by atoms with Gasteiger partial charge in [-0.1, -0.05) is 231 Å². The number of rotatable bonds is 6. The molecule has 0 aliphatic heterocycles. The Hall–Kier alpha value is -8.32. The first-order chi connectivity index (χ1) is 33.2. The highest BCUT2D eigenvalue weighted by atomic mass is 14.4. The summed E-state index contributed by atoms with van der Waals surface area (Å²) < 4.78 is 0. The zero-order valence-electron chi connectivity index (χ0n) is 36.9. The van der Waals surface area contributed by atoms with Gasteiger partial charge < -0.3 is 0 Å². The summed E-state index contributed by atoms with van der Waals surface area (Å²) in [6.07, 6.45) is 0. The molecule has 14 rings (SSSR count). The van der Waals surface area contributed by atoms with Crippen molar-refractivity contribution in [2.45, 2.75) is 17.8 Å². The SMILES string of the molecule is c1ccc(-c2ccc(C3c4ccccc4-c4cc5c(cc43)C(c3ccc(-c4ccccc4)cc3)c3ccc(-c4ccc6c(c4)-c4ccccc4C6c4cccc6ccccc46)cc3-5)cc2)cc1. The quantitative estimate of drug-likeness (QED) is 0.156. The minimum absolute atomic E-state index is 0.104. The lowest BCUT2D eigenvalue weighted by Crippen LogP contribution is -2.03. The summed E-state index contributed by atoms with van der Waals surface area (Å²) in [5, 5.41) is 2.61. The van der Waals surface area contributed by atoms with E-state index in [0.29, 0.717) is 0 Å². The fourth-order valence-electron chi connectivity index (χ4n) is 12.1. The monoisotopic (exact) mass is 848 g/mol. The van der Waals surface area contributed by atoms with Gasteiger partial charge >= 0.3 is 0 Å². The summed E-state index contributed by atoms with van der Waals surface area (Å²) in [6.45, 7) is 0. The molecule has 0 bridgehead atoms. The van der Waals surface area contributed by atoms with E-state index in [-0.39, 0.29) is 17.8 Å². The van der Waals surface area contributed by atoms with Crippen molar-refractivity contribution in [3.8, 4) is 66.8 Å². The third kappa shape index (κ3) is 6.00. The van der Waals surface area contributed by atoms with Gasteiger partial charge in [0.15, 0.2) is 0 Å². The minimum atomic E-state index is 0.104. The summed E-state index contributed by atoms with van der Waals surface area (Å²) in [6, 6.07) is 93.5. The van der Waals surface area contributed by atoms with Crippen molar-refractivity contribution in [1.29, 1.82) is 0 Å². The Morgan fingerprint density at radius 3 is 1.18 bits per heavy atom. The first-order valence-corrected chi connectivity index (χ1v) is 23.7. The molecule has 312 valence electrons. The Morgan fingerprint density at radius 2 is 0.582 bits per heavy atom. The molecule has 0 heterocycles. The van der Waals surface area contributed by atoms with Gasteiger partial charge in [0.25, 0.3) is 0 Å². The van der Waals surface area contributed by atoms with Crippen LogP contribution in [0.1, 0.15) is 67.8 Å². The molecular weight excluding hydrogens is 805 g/mol. The van der Waals surface area contributed by atoms with Crippen molar-refractivity contribution < 1.29 is 0 Å². The Bertz CT molecular complexity index is 3720. The fourth-order valence-corrected chi connectivity index (χ4v) is 12.1. The van der Waals surface area contributed by atoms with Crippen molar-refractivity contribution in [2.24, 2.45) is 0 Å². The normalized spacial score (nSPS) is 15.9. The highest BCUT2D eigenvalue weighted by molar-refractivity contribution is 5.94. The summed E-state index contributed by atoms with van der Waals surface area (Å²) >= 11 is 0. The van der Waals surface area contributed by atoms with Crippen molar-refractivity contribution >= 4 is 10.8 Å². The van der Waals surface area contributed by atoms with Crippen LogP contribution in [0, 0.1) is 0 Å². The summed E-state index contributed by atoms with van der Waals surface area (Å²) in [4.78, 5) is 0. The van der Waals surface area contributed by atoms with Crippen LogP contribution in [-0.4, -0.2) is 0 Å². The van der Waals surface area contributed by atoms with Crippen molar-refractivity contribution in [3.63, 3.8) is 0 Å². The molecule has 3 atom stereocenters. The maximum absolute atomic E-state index is 2.58. The van der Waals surface area contributed by atoms with Crippen LogP contribution < -0.4 is 0 Å². The van der Waals surface area contributed by atoms with Gasteiger partial charge in [-0.3, -0.25) is 0 Å². The van der Waals surface area contributed by atoms with Gasteiger partial charge in [-0.05, 0) is 146 Å². The third-order valence-electron chi connectivity index (χ3n) is 15.2. The van der Waals surface area contributed by atoms with E-state index in [4.69, 9.17) is 0 Å². The molecule has 0 fully saturated rings. The fraction of sp³-hybridized carbons (Fsp3) is 0.0448. The van der Waals surface area contributed by atoms with Gasteiger partial charge in [0.1, 0.15) is 0 Å². The highest BCUT2D eigenvalue weighted by Crippen LogP contribution is 2.57. The summed E-state index contributed by atoms with van der Waals surface area (Å²) in [5.41, 5.74) is 27.8. The van der Waals surface area contributed by atoms with E-state index in [9.17, 15) is 0 Å². The number of benzene rings is 11. The predicted molar refractivity (Wildman–Crippen MR) is 279 cm³/mol. The molecule has 0 aromatic heterocycles. The van der Waals surface area contributed by atoms with Gasteiger partial charge in [-0.2, -0.15) is 0 Å². The van der Waals surface area contributed by atoms with E-state index in [1.54, 1.807) is 0 Å². The Morgan fingerprint density at radius 1 is 0.194 bits per heavy atom. The van der Waals surface area contributed by atoms with Crippen LogP contribution in [0.5, 0.6) is 0 Å².